The maximum atomic E-state index is 11.6. The molecule has 6 heteroatoms. The summed E-state index contributed by atoms with van der Waals surface area (Å²) in [5.74, 6) is 0. The third-order valence-electron chi connectivity index (χ3n) is 3.90. The number of fused-ring (bicyclic) bond motifs is 1. The Hall–Kier alpha value is -2.47. The van der Waals surface area contributed by atoms with Crippen LogP contribution in [0, 0.1) is 5.41 Å². The fourth-order valence-electron chi connectivity index (χ4n) is 2.69. The van der Waals surface area contributed by atoms with E-state index in [-0.39, 0.29) is 6.03 Å². The van der Waals surface area contributed by atoms with Crippen molar-refractivity contribution in [1.29, 1.82) is 5.41 Å². The van der Waals surface area contributed by atoms with Gasteiger partial charge in [-0.3, -0.25) is 20.6 Å². The van der Waals surface area contributed by atoms with Gasteiger partial charge < -0.3 is 4.90 Å². The van der Waals surface area contributed by atoms with Crippen LogP contribution in [0.15, 0.2) is 36.4 Å². The summed E-state index contributed by atoms with van der Waals surface area (Å²) in [5.41, 5.74) is 2.07. The lowest BCUT2D eigenvalue weighted by Crippen LogP contribution is -2.51. The Kier molecular flexibility index (Phi) is 4.29. The SMILES string of the molecule is N=CNC(=O)N1CCN(Cc2ccc3ccccc3n2)CC1. The highest BCUT2D eigenvalue weighted by atomic mass is 16.2. The van der Waals surface area contributed by atoms with Gasteiger partial charge in [-0.15, -0.1) is 0 Å². The number of benzene rings is 1. The molecule has 114 valence electrons. The first-order valence-electron chi connectivity index (χ1n) is 7.38. The smallest absolute Gasteiger partial charge is 0.322 e. The van der Waals surface area contributed by atoms with Crippen LogP contribution in [0.2, 0.25) is 0 Å². The van der Waals surface area contributed by atoms with Crippen molar-refractivity contribution in [2.75, 3.05) is 26.2 Å². The van der Waals surface area contributed by atoms with Gasteiger partial charge >= 0.3 is 6.03 Å². The summed E-state index contributed by atoms with van der Waals surface area (Å²) in [6.07, 6.45) is 0.924. The predicted molar refractivity (Wildman–Crippen MR) is 85.9 cm³/mol. The lowest BCUT2D eigenvalue weighted by molar-refractivity contribution is 0.137. The van der Waals surface area contributed by atoms with Crippen LogP contribution in [0.5, 0.6) is 0 Å². The zero-order chi connectivity index (χ0) is 15.4. The third kappa shape index (κ3) is 3.23. The number of nitrogens with zero attached hydrogens (tertiary/aromatic N) is 3. The molecule has 1 aliphatic heterocycles. The summed E-state index contributed by atoms with van der Waals surface area (Å²) in [7, 11) is 0. The number of hydrogen-bond donors (Lipinski definition) is 2. The molecule has 22 heavy (non-hydrogen) atoms. The number of urea groups is 1. The lowest BCUT2D eigenvalue weighted by atomic mass is 10.2. The third-order valence-corrected chi connectivity index (χ3v) is 3.90. The van der Waals surface area contributed by atoms with Crippen LogP contribution in [0.25, 0.3) is 10.9 Å². The van der Waals surface area contributed by atoms with E-state index >= 15 is 0 Å². The van der Waals surface area contributed by atoms with Crippen LogP contribution in [-0.4, -0.2) is 53.3 Å². The van der Waals surface area contributed by atoms with E-state index in [1.54, 1.807) is 4.90 Å². The monoisotopic (exact) mass is 297 g/mol. The largest absolute Gasteiger partial charge is 0.322 e. The first kappa shape index (κ1) is 14.5. The number of rotatable bonds is 3. The Morgan fingerprint density at radius 2 is 1.95 bits per heavy atom. The highest BCUT2D eigenvalue weighted by molar-refractivity contribution is 5.85. The molecule has 1 saturated heterocycles. The van der Waals surface area contributed by atoms with Crippen molar-refractivity contribution in [3.63, 3.8) is 0 Å². The molecule has 0 atom stereocenters. The molecular weight excluding hydrogens is 278 g/mol. The van der Waals surface area contributed by atoms with E-state index in [0.717, 1.165) is 42.6 Å². The number of para-hydroxylation sites is 1. The summed E-state index contributed by atoms with van der Waals surface area (Å²) >= 11 is 0. The van der Waals surface area contributed by atoms with Crippen LogP contribution in [0.3, 0.4) is 0 Å². The van der Waals surface area contributed by atoms with Crippen molar-refractivity contribution in [1.82, 2.24) is 20.1 Å². The highest BCUT2D eigenvalue weighted by Gasteiger charge is 2.20. The summed E-state index contributed by atoms with van der Waals surface area (Å²) < 4.78 is 0. The average molecular weight is 297 g/mol. The van der Waals surface area contributed by atoms with Gasteiger partial charge in [0.05, 0.1) is 17.5 Å². The van der Waals surface area contributed by atoms with E-state index in [9.17, 15) is 4.79 Å². The zero-order valence-electron chi connectivity index (χ0n) is 12.3. The first-order chi connectivity index (χ1) is 10.8. The van der Waals surface area contributed by atoms with Gasteiger partial charge in [0.2, 0.25) is 0 Å². The summed E-state index contributed by atoms with van der Waals surface area (Å²) in [6.45, 7) is 3.78. The lowest BCUT2D eigenvalue weighted by Gasteiger charge is -2.34. The van der Waals surface area contributed by atoms with Gasteiger partial charge in [0.15, 0.2) is 0 Å². The molecule has 2 aromatic rings. The van der Waals surface area contributed by atoms with Crippen molar-refractivity contribution in [3.05, 3.63) is 42.1 Å². The molecule has 1 aromatic carbocycles. The average Bonchev–Trinajstić information content (AvgIpc) is 2.56. The van der Waals surface area contributed by atoms with E-state index in [2.05, 4.69) is 33.4 Å². The van der Waals surface area contributed by atoms with Crippen molar-refractivity contribution in [3.8, 4) is 0 Å². The fraction of sp³-hybridized carbons (Fsp3) is 0.312. The number of carbonyl (C=O) groups excluding carboxylic acids is 1. The van der Waals surface area contributed by atoms with Gasteiger partial charge in [-0.05, 0) is 12.1 Å². The number of nitrogens with one attached hydrogen (secondary N) is 2. The van der Waals surface area contributed by atoms with Crippen LogP contribution >= 0.6 is 0 Å². The number of carbonyl (C=O) groups is 1. The molecule has 1 fully saturated rings. The molecule has 6 nitrogen and oxygen atoms in total. The van der Waals surface area contributed by atoms with Crippen LogP contribution in [0.4, 0.5) is 4.79 Å². The molecule has 0 radical (unpaired) electrons. The van der Waals surface area contributed by atoms with E-state index in [1.807, 2.05) is 18.2 Å². The predicted octanol–water partition coefficient (Wildman–Crippen LogP) is 1.67. The summed E-state index contributed by atoms with van der Waals surface area (Å²) in [4.78, 5) is 20.4. The van der Waals surface area contributed by atoms with Gasteiger partial charge in [0.25, 0.3) is 0 Å². The minimum atomic E-state index is -0.196. The fourth-order valence-corrected chi connectivity index (χ4v) is 2.69. The Bertz CT molecular complexity index is 679. The molecule has 0 spiro atoms. The van der Waals surface area contributed by atoms with Crippen molar-refractivity contribution in [2.24, 2.45) is 0 Å². The highest BCUT2D eigenvalue weighted by Crippen LogP contribution is 2.14. The zero-order valence-corrected chi connectivity index (χ0v) is 12.3. The number of hydrogen-bond acceptors (Lipinski definition) is 4. The normalized spacial score (nSPS) is 15.7. The van der Waals surface area contributed by atoms with Crippen LogP contribution in [-0.2, 0) is 6.54 Å². The van der Waals surface area contributed by atoms with E-state index in [0.29, 0.717) is 13.1 Å². The van der Waals surface area contributed by atoms with Crippen molar-refractivity contribution in [2.45, 2.75) is 6.54 Å². The van der Waals surface area contributed by atoms with Gasteiger partial charge in [0.1, 0.15) is 0 Å². The molecule has 0 saturated carbocycles. The van der Waals surface area contributed by atoms with Gasteiger partial charge in [-0.1, -0.05) is 24.3 Å². The molecule has 2 amide bonds. The van der Waals surface area contributed by atoms with Crippen molar-refractivity contribution < 1.29 is 4.79 Å². The van der Waals surface area contributed by atoms with Crippen LogP contribution < -0.4 is 5.32 Å². The topological polar surface area (TPSA) is 72.3 Å². The molecule has 0 bridgehead atoms. The second-order valence-electron chi connectivity index (χ2n) is 5.35. The van der Waals surface area contributed by atoms with E-state index < -0.39 is 0 Å². The molecule has 2 N–H and O–H groups in total. The molecule has 0 aliphatic carbocycles. The van der Waals surface area contributed by atoms with E-state index in [4.69, 9.17) is 5.41 Å². The standard InChI is InChI=1S/C16H19N5O/c17-12-18-16(22)21-9-7-20(8-10-21)11-14-6-5-13-3-1-2-4-15(13)19-14/h1-6,12H,7-11H2,(H2,17,18,22). The molecule has 0 unspecified atom stereocenters. The summed E-state index contributed by atoms with van der Waals surface area (Å²) in [5, 5.41) is 10.5. The summed E-state index contributed by atoms with van der Waals surface area (Å²) in [6, 6.07) is 12.1. The Balaban J connectivity index is 1.59. The second kappa shape index (κ2) is 6.53. The number of amides is 2. The van der Waals surface area contributed by atoms with Crippen molar-refractivity contribution >= 4 is 23.3 Å². The quantitative estimate of drug-likeness (QED) is 0.668. The molecule has 2 heterocycles. The minimum absolute atomic E-state index is 0.196. The Morgan fingerprint density at radius 3 is 2.73 bits per heavy atom. The molecular formula is C16H19N5O. The van der Waals surface area contributed by atoms with Gasteiger partial charge in [-0.25, -0.2) is 4.79 Å². The molecule has 1 aromatic heterocycles. The Labute approximate surface area is 129 Å². The van der Waals surface area contributed by atoms with Crippen LogP contribution in [0.1, 0.15) is 5.69 Å². The first-order valence-corrected chi connectivity index (χ1v) is 7.38. The number of aromatic nitrogens is 1. The maximum absolute atomic E-state index is 11.6. The van der Waals surface area contributed by atoms with Gasteiger partial charge in [0, 0.05) is 38.1 Å². The Morgan fingerprint density at radius 1 is 1.18 bits per heavy atom. The molecule has 3 rings (SSSR count). The van der Waals surface area contributed by atoms with E-state index in [1.165, 1.54) is 0 Å². The second-order valence-corrected chi connectivity index (χ2v) is 5.35. The molecule has 1 aliphatic rings. The van der Waals surface area contributed by atoms with Gasteiger partial charge in [-0.2, -0.15) is 0 Å². The number of piperazine rings is 1. The maximum Gasteiger partial charge on any atom is 0.322 e. The minimum Gasteiger partial charge on any atom is -0.322 e. The number of pyridine rings is 1.